The van der Waals surface area contributed by atoms with Crippen LogP contribution in [0.5, 0.6) is 5.75 Å². The molecule has 36 heavy (non-hydrogen) atoms. The van der Waals surface area contributed by atoms with Crippen LogP contribution >= 0.6 is 0 Å². The Bertz CT molecular complexity index is 1210. The molecule has 2 atom stereocenters. The summed E-state index contributed by atoms with van der Waals surface area (Å²) in [4.78, 5) is 19.1. The number of aliphatic carboxylic acids is 1. The number of carbonyl (C=O) groups is 1. The summed E-state index contributed by atoms with van der Waals surface area (Å²) in [6.07, 6.45) is 3.87. The van der Waals surface area contributed by atoms with E-state index in [4.69, 9.17) is 9.47 Å². The van der Waals surface area contributed by atoms with Crippen molar-refractivity contribution in [1.29, 1.82) is 0 Å². The average molecular weight is 494 g/mol. The molecule has 0 aliphatic carbocycles. The van der Waals surface area contributed by atoms with Gasteiger partial charge in [0, 0.05) is 32.9 Å². The van der Waals surface area contributed by atoms with Crippen molar-refractivity contribution in [1.82, 2.24) is 24.9 Å². The van der Waals surface area contributed by atoms with Gasteiger partial charge in [-0.1, -0.05) is 30.3 Å². The quantitative estimate of drug-likeness (QED) is 0.476. The van der Waals surface area contributed by atoms with Crippen LogP contribution in [0.4, 0.5) is 0 Å². The van der Waals surface area contributed by atoms with Gasteiger partial charge in [0.1, 0.15) is 17.5 Å². The Balaban J connectivity index is 1.61. The smallest absolute Gasteiger partial charge is 0.312 e. The number of rotatable bonds is 9. The van der Waals surface area contributed by atoms with Gasteiger partial charge in [-0.3, -0.25) is 19.4 Å². The van der Waals surface area contributed by atoms with E-state index in [0.29, 0.717) is 18.8 Å². The van der Waals surface area contributed by atoms with Gasteiger partial charge in [0.05, 0.1) is 30.0 Å². The molecule has 192 valence electrons. The Labute approximate surface area is 212 Å². The number of hydrogen-bond donors (Lipinski definition) is 1. The van der Waals surface area contributed by atoms with E-state index in [1.54, 1.807) is 38.0 Å². The molecule has 3 heterocycles. The SMILES string of the molecule is CC[C@@H]1CN(Cc2cc([C@H](OCc3cn(C)nn3)C(C)(C)C(=O)O)ccc2C)Cc2ncccc2O1. The molecule has 0 saturated heterocycles. The Morgan fingerprint density at radius 1 is 1.33 bits per heavy atom. The van der Waals surface area contributed by atoms with Crippen molar-refractivity contribution in [3.8, 4) is 5.75 Å². The topological polar surface area (TPSA) is 103 Å². The van der Waals surface area contributed by atoms with E-state index in [2.05, 4.69) is 40.1 Å². The molecule has 1 aliphatic rings. The zero-order chi connectivity index (χ0) is 25.9. The molecule has 9 nitrogen and oxygen atoms in total. The van der Waals surface area contributed by atoms with Crippen molar-refractivity contribution in [2.75, 3.05) is 6.54 Å². The zero-order valence-electron chi connectivity index (χ0n) is 21.6. The standard InChI is InChI=1S/C27H35N5O4/c1-6-22-15-32(16-23-24(36-22)8-7-11-28-23)13-20-12-19(10-9-18(20)2)25(27(3,4)26(33)34)35-17-21-14-31(5)30-29-21/h7-12,14,22,25H,6,13,15-17H2,1-5H3,(H,33,34)/t22-,25+/m1/s1. The first-order valence-corrected chi connectivity index (χ1v) is 12.3. The van der Waals surface area contributed by atoms with E-state index >= 15 is 0 Å². The third kappa shape index (κ3) is 5.74. The molecule has 1 aromatic carbocycles. The first kappa shape index (κ1) is 25.8. The number of carboxylic acids is 1. The van der Waals surface area contributed by atoms with Gasteiger partial charge in [-0.05, 0) is 56.0 Å². The number of ether oxygens (including phenoxy) is 2. The van der Waals surface area contributed by atoms with Crippen LogP contribution in [0.2, 0.25) is 0 Å². The summed E-state index contributed by atoms with van der Waals surface area (Å²) in [6.45, 7) is 9.92. The van der Waals surface area contributed by atoms with Crippen LogP contribution in [0, 0.1) is 12.3 Å². The monoisotopic (exact) mass is 493 g/mol. The Morgan fingerprint density at radius 2 is 2.14 bits per heavy atom. The van der Waals surface area contributed by atoms with Crippen molar-refractivity contribution in [2.45, 2.75) is 66.0 Å². The van der Waals surface area contributed by atoms with Crippen LogP contribution in [0.15, 0.2) is 42.7 Å². The van der Waals surface area contributed by atoms with Gasteiger partial charge in [0.2, 0.25) is 0 Å². The Kier molecular flexibility index (Phi) is 7.70. The fourth-order valence-corrected chi connectivity index (χ4v) is 4.49. The minimum atomic E-state index is -1.15. The molecular weight excluding hydrogens is 458 g/mol. The summed E-state index contributed by atoms with van der Waals surface area (Å²) >= 11 is 0. The summed E-state index contributed by atoms with van der Waals surface area (Å²) in [6, 6.07) is 9.96. The summed E-state index contributed by atoms with van der Waals surface area (Å²) in [7, 11) is 1.78. The van der Waals surface area contributed by atoms with Crippen LogP contribution in [0.1, 0.15) is 61.4 Å². The third-order valence-corrected chi connectivity index (χ3v) is 6.76. The minimum Gasteiger partial charge on any atom is -0.487 e. The van der Waals surface area contributed by atoms with Gasteiger partial charge in [-0.25, -0.2) is 0 Å². The number of benzene rings is 1. The van der Waals surface area contributed by atoms with Crippen LogP contribution in [-0.2, 0) is 36.3 Å². The van der Waals surface area contributed by atoms with Gasteiger partial charge in [-0.2, -0.15) is 0 Å². The molecule has 0 saturated carbocycles. The maximum absolute atomic E-state index is 12.2. The van der Waals surface area contributed by atoms with Crippen LogP contribution < -0.4 is 4.74 Å². The fraction of sp³-hybridized carbons (Fsp3) is 0.481. The predicted octanol–water partition coefficient (Wildman–Crippen LogP) is 4.06. The molecule has 3 aromatic rings. The first-order chi connectivity index (χ1) is 17.2. The number of carboxylic acid groups (broad SMARTS) is 1. The van der Waals surface area contributed by atoms with E-state index in [0.717, 1.165) is 41.1 Å². The second-order valence-electron chi connectivity index (χ2n) is 10.1. The summed E-state index contributed by atoms with van der Waals surface area (Å²) in [5.41, 5.74) is 3.51. The molecule has 0 amide bonds. The van der Waals surface area contributed by atoms with Gasteiger partial charge in [-0.15, -0.1) is 5.10 Å². The Morgan fingerprint density at radius 3 is 2.83 bits per heavy atom. The van der Waals surface area contributed by atoms with Gasteiger partial charge < -0.3 is 14.6 Å². The molecule has 4 rings (SSSR count). The zero-order valence-corrected chi connectivity index (χ0v) is 21.6. The van der Waals surface area contributed by atoms with E-state index in [-0.39, 0.29) is 12.7 Å². The largest absolute Gasteiger partial charge is 0.487 e. The average Bonchev–Trinajstić information content (AvgIpc) is 3.16. The lowest BCUT2D eigenvalue weighted by atomic mass is 9.81. The van der Waals surface area contributed by atoms with Crippen molar-refractivity contribution in [3.05, 3.63) is 70.8 Å². The number of nitrogens with zero attached hydrogens (tertiary/aromatic N) is 5. The van der Waals surface area contributed by atoms with Crippen LogP contribution in [0.3, 0.4) is 0 Å². The molecule has 2 aromatic heterocycles. The van der Waals surface area contributed by atoms with E-state index < -0.39 is 17.5 Å². The highest BCUT2D eigenvalue weighted by Crippen LogP contribution is 2.38. The number of hydrogen-bond acceptors (Lipinski definition) is 7. The Hall–Kier alpha value is -3.30. The second kappa shape index (κ2) is 10.8. The van der Waals surface area contributed by atoms with E-state index in [1.165, 1.54) is 0 Å². The molecular formula is C27H35N5O4. The van der Waals surface area contributed by atoms with Crippen molar-refractivity contribution < 1.29 is 19.4 Å². The van der Waals surface area contributed by atoms with Crippen LogP contribution in [-0.4, -0.2) is 48.6 Å². The minimum absolute atomic E-state index is 0.0768. The van der Waals surface area contributed by atoms with Gasteiger partial charge in [0.25, 0.3) is 0 Å². The van der Waals surface area contributed by atoms with Gasteiger partial charge in [0.15, 0.2) is 0 Å². The highest BCUT2D eigenvalue weighted by Gasteiger charge is 2.39. The molecule has 0 unspecified atom stereocenters. The second-order valence-corrected chi connectivity index (χ2v) is 10.1. The van der Waals surface area contributed by atoms with Crippen molar-refractivity contribution in [2.24, 2.45) is 12.5 Å². The lowest BCUT2D eigenvalue weighted by Crippen LogP contribution is -2.34. The maximum atomic E-state index is 12.2. The lowest BCUT2D eigenvalue weighted by molar-refractivity contribution is -0.158. The highest BCUT2D eigenvalue weighted by atomic mass is 16.5. The molecule has 0 radical (unpaired) electrons. The number of aromatic nitrogens is 4. The molecule has 1 aliphatic heterocycles. The van der Waals surface area contributed by atoms with Crippen molar-refractivity contribution >= 4 is 5.97 Å². The summed E-state index contributed by atoms with van der Waals surface area (Å²) in [5.74, 6) is -0.0788. The predicted molar refractivity (Wildman–Crippen MR) is 134 cm³/mol. The van der Waals surface area contributed by atoms with E-state index in [9.17, 15) is 9.90 Å². The third-order valence-electron chi connectivity index (χ3n) is 6.76. The first-order valence-electron chi connectivity index (χ1n) is 12.3. The fourth-order valence-electron chi connectivity index (χ4n) is 4.49. The normalized spacial score (nSPS) is 17.2. The number of aryl methyl sites for hydroxylation is 2. The molecule has 0 spiro atoms. The van der Waals surface area contributed by atoms with Crippen LogP contribution in [0.25, 0.3) is 0 Å². The number of pyridine rings is 1. The summed E-state index contributed by atoms with van der Waals surface area (Å²) < 4.78 is 14.0. The van der Waals surface area contributed by atoms with E-state index in [1.807, 2.05) is 24.3 Å². The molecule has 0 bridgehead atoms. The van der Waals surface area contributed by atoms with Crippen molar-refractivity contribution in [3.63, 3.8) is 0 Å². The lowest BCUT2D eigenvalue weighted by Gasteiger charge is -2.31. The maximum Gasteiger partial charge on any atom is 0.312 e. The highest BCUT2D eigenvalue weighted by molar-refractivity contribution is 5.74. The number of fused-ring (bicyclic) bond motifs is 1. The van der Waals surface area contributed by atoms with Gasteiger partial charge >= 0.3 is 5.97 Å². The summed E-state index contributed by atoms with van der Waals surface area (Å²) in [5, 5.41) is 18.0. The molecule has 1 N–H and O–H groups in total. The molecule has 9 heteroatoms. The molecule has 0 fully saturated rings.